The number of amides is 1. The van der Waals surface area contributed by atoms with E-state index in [2.05, 4.69) is 19.2 Å². The van der Waals surface area contributed by atoms with Crippen molar-refractivity contribution in [3.8, 4) is 0 Å². The van der Waals surface area contributed by atoms with E-state index in [1.54, 1.807) is 4.90 Å². The first-order chi connectivity index (χ1) is 7.76. The highest BCUT2D eigenvalue weighted by Crippen LogP contribution is 2.21. The Morgan fingerprint density at radius 3 is 2.47 bits per heavy atom. The number of aliphatic carboxylic acids is 1. The molecule has 1 atom stereocenters. The average molecular weight is 242 g/mol. The van der Waals surface area contributed by atoms with Gasteiger partial charge in [-0.05, 0) is 19.8 Å². The largest absolute Gasteiger partial charge is 0.480 e. The van der Waals surface area contributed by atoms with Crippen LogP contribution < -0.4 is 5.32 Å². The molecule has 0 spiro atoms. The van der Waals surface area contributed by atoms with Crippen LogP contribution in [0.1, 0.15) is 27.7 Å². The molecule has 5 nitrogen and oxygen atoms in total. The summed E-state index contributed by atoms with van der Waals surface area (Å²) in [7, 11) is 0. The van der Waals surface area contributed by atoms with Crippen LogP contribution in [-0.4, -0.2) is 47.6 Å². The molecular weight excluding hydrogens is 220 g/mol. The Balaban J connectivity index is 2.73. The highest BCUT2D eigenvalue weighted by atomic mass is 16.4. The van der Waals surface area contributed by atoms with Crippen LogP contribution in [-0.2, 0) is 9.59 Å². The van der Waals surface area contributed by atoms with Crippen LogP contribution in [0.25, 0.3) is 0 Å². The molecule has 1 saturated heterocycles. The number of carboxylic acid groups (broad SMARTS) is 1. The quantitative estimate of drug-likeness (QED) is 0.709. The molecule has 1 aliphatic rings. The predicted molar refractivity (Wildman–Crippen MR) is 64.6 cm³/mol. The van der Waals surface area contributed by atoms with Gasteiger partial charge < -0.3 is 15.3 Å². The van der Waals surface area contributed by atoms with Crippen molar-refractivity contribution in [2.24, 2.45) is 11.3 Å². The van der Waals surface area contributed by atoms with Gasteiger partial charge in [0, 0.05) is 25.7 Å². The third-order valence-corrected chi connectivity index (χ3v) is 3.37. The third kappa shape index (κ3) is 2.97. The van der Waals surface area contributed by atoms with Gasteiger partial charge in [-0.25, -0.2) is 0 Å². The fourth-order valence-electron chi connectivity index (χ4n) is 1.90. The zero-order valence-corrected chi connectivity index (χ0v) is 11.0. The van der Waals surface area contributed by atoms with Crippen LogP contribution in [0.15, 0.2) is 0 Å². The lowest BCUT2D eigenvalue weighted by atomic mass is 9.90. The summed E-state index contributed by atoms with van der Waals surface area (Å²) in [4.78, 5) is 24.9. The van der Waals surface area contributed by atoms with Gasteiger partial charge >= 0.3 is 5.97 Å². The van der Waals surface area contributed by atoms with Crippen LogP contribution in [0.2, 0.25) is 0 Å². The van der Waals surface area contributed by atoms with Gasteiger partial charge in [0.1, 0.15) is 5.41 Å². The predicted octanol–water partition coefficient (Wildman–Crippen LogP) is 0.554. The van der Waals surface area contributed by atoms with Gasteiger partial charge in [-0.15, -0.1) is 0 Å². The summed E-state index contributed by atoms with van der Waals surface area (Å²) >= 11 is 0. The molecular formula is C12H22N2O3. The van der Waals surface area contributed by atoms with Gasteiger partial charge in [-0.2, -0.15) is 0 Å². The average Bonchev–Trinajstić information content (AvgIpc) is 2.27. The second-order valence-corrected chi connectivity index (χ2v) is 5.49. The zero-order chi connectivity index (χ0) is 13.2. The second-order valence-electron chi connectivity index (χ2n) is 5.49. The fourth-order valence-corrected chi connectivity index (χ4v) is 1.90. The van der Waals surface area contributed by atoms with Gasteiger partial charge in [0.05, 0.1) is 0 Å². The van der Waals surface area contributed by atoms with E-state index in [0.717, 1.165) is 6.54 Å². The molecule has 0 saturated carbocycles. The van der Waals surface area contributed by atoms with Crippen molar-refractivity contribution in [1.82, 2.24) is 10.2 Å². The first kappa shape index (κ1) is 14.0. The van der Waals surface area contributed by atoms with Crippen LogP contribution >= 0.6 is 0 Å². The lowest BCUT2D eigenvalue weighted by Crippen LogP contribution is -2.57. The standard InChI is InChI=1S/C12H22N2O3/c1-8(2)9-7-14(6-5-13-9)10(15)12(3,4)11(16)17/h8-9,13H,5-7H2,1-4H3,(H,16,17)/t9-/m1/s1. The van der Waals surface area contributed by atoms with Crippen molar-refractivity contribution in [3.63, 3.8) is 0 Å². The van der Waals surface area contributed by atoms with Crippen molar-refractivity contribution in [2.75, 3.05) is 19.6 Å². The molecule has 0 radical (unpaired) electrons. The minimum Gasteiger partial charge on any atom is -0.480 e. The molecule has 0 aromatic rings. The molecule has 0 unspecified atom stereocenters. The van der Waals surface area contributed by atoms with Crippen LogP contribution in [0.3, 0.4) is 0 Å². The number of hydrogen-bond acceptors (Lipinski definition) is 3. The van der Waals surface area contributed by atoms with E-state index < -0.39 is 11.4 Å². The Morgan fingerprint density at radius 2 is 2.00 bits per heavy atom. The Bertz CT molecular complexity index is 313. The summed E-state index contributed by atoms with van der Waals surface area (Å²) < 4.78 is 0. The molecule has 0 bridgehead atoms. The molecule has 0 aromatic heterocycles. The SMILES string of the molecule is CC(C)[C@H]1CN(C(=O)C(C)(C)C(=O)O)CCN1. The van der Waals surface area contributed by atoms with E-state index in [9.17, 15) is 9.59 Å². The maximum Gasteiger partial charge on any atom is 0.318 e. The van der Waals surface area contributed by atoms with Crippen molar-refractivity contribution >= 4 is 11.9 Å². The van der Waals surface area contributed by atoms with Crippen molar-refractivity contribution < 1.29 is 14.7 Å². The van der Waals surface area contributed by atoms with Gasteiger partial charge in [0.25, 0.3) is 0 Å². The van der Waals surface area contributed by atoms with E-state index in [1.165, 1.54) is 13.8 Å². The van der Waals surface area contributed by atoms with Crippen molar-refractivity contribution in [3.05, 3.63) is 0 Å². The third-order valence-electron chi connectivity index (χ3n) is 3.37. The van der Waals surface area contributed by atoms with E-state index in [0.29, 0.717) is 19.0 Å². The molecule has 98 valence electrons. The molecule has 2 N–H and O–H groups in total. The lowest BCUT2D eigenvalue weighted by molar-refractivity contribution is -0.158. The monoisotopic (exact) mass is 242 g/mol. The van der Waals surface area contributed by atoms with Gasteiger partial charge in [0.2, 0.25) is 5.91 Å². The van der Waals surface area contributed by atoms with E-state index in [-0.39, 0.29) is 11.9 Å². The Labute approximate surface area is 102 Å². The zero-order valence-electron chi connectivity index (χ0n) is 11.0. The molecule has 5 heteroatoms. The second kappa shape index (κ2) is 5.04. The minimum atomic E-state index is -1.33. The number of carbonyl (C=O) groups excluding carboxylic acids is 1. The molecule has 1 amide bonds. The molecule has 1 fully saturated rings. The summed E-state index contributed by atoms with van der Waals surface area (Å²) in [5.74, 6) is -0.933. The van der Waals surface area contributed by atoms with Crippen LogP contribution in [0.5, 0.6) is 0 Å². The molecule has 17 heavy (non-hydrogen) atoms. The highest BCUT2D eigenvalue weighted by Gasteiger charge is 2.40. The first-order valence-corrected chi connectivity index (χ1v) is 6.03. The van der Waals surface area contributed by atoms with Crippen molar-refractivity contribution in [1.29, 1.82) is 0 Å². The Kier molecular flexibility index (Phi) is 4.14. The Morgan fingerprint density at radius 1 is 1.41 bits per heavy atom. The van der Waals surface area contributed by atoms with Crippen LogP contribution in [0.4, 0.5) is 0 Å². The lowest BCUT2D eigenvalue weighted by Gasteiger charge is -2.38. The molecule has 0 aromatic carbocycles. The molecule has 1 aliphatic heterocycles. The number of nitrogens with zero attached hydrogens (tertiary/aromatic N) is 1. The van der Waals surface area contributed by atoms with E-state index in [4.69, 9.17) is 5.11 Å². The van der Waals surface area contributed by atoms with Gasteiger partial charge in [0.15, 0.2) is 0 Å². The highest BCUT2D eigenvalue weighted by molar-refractivity contribution is 6.01. The van der Waals surface area contributed by atoms with Crippen molar-refractivity contribution in [2.45, 2.75) is 33.7 Å². The maximum absolute atomic E-state index is 12.1. The first-order valence-electron chi connectivity index (χ1n) is 6.03. The molecule has 1 rings (SSSR count). The Hall–Kier alpha value is -1.10. The smallest absolute Gasteiger partial charge is 0.318 e. The maximum atomic E-state index is 12.1. The topological polar surface area (TPSA) is 69.6 Å². The fraction of sp³-hybridized carbons (Fsp3) is 0.833. The normalized spacial score (nSPS) is 21.7. The molecule has 0 aliphatic carbocycles. The number of nitrogens with one attached hydrogen (secondary N) is 1. The van der Waals surface area contributed by atoms with Gasteiger partial charge in [-0.3, -0.25) is 9.59 Å². The summed E-state index contributed by atoms with van der Waals surface area (Å²) in [6.07, 6.45) is 0. The summed E-state index contributed by atoms with van der Waals surface area (Å²) in [6.45, 7) is 9.01. The summed E-state index contributed by atoms with van der Waals surface area (Å²) in [5, 5.41) is 12.4. The molecule has 1 heterocycles. The summed E-state index contributed by atoms with van der Waals surface area (Å²) in [5.41, 5.74) is -1.33. The van der Waals surface area contributed by atoms with Gasteiger partial charge in [-0.1, -0.05) is 13.8 Å². The number of piperazine rings is 1. The number of rotatable bonds is 3. The summed E-state index contributed by atoms with van der Waals surface area (Å²) in [6, 6.07) is 0.247. The van der Waals surface area contributed by atoms with E-state index >= 15 is 0 Å². The number of carbonyl (C=O) groups is 2. The van der Waals surface area contributed by atoms with Crippen LogP contribution in [0, 0.1) is 11.3 Å². The minimum absolute atomic E-state index is 0.247. The number of hydrogen-bond donors (Lipinski definition) is 2. The number of carboxylic acids is 1. The van der Waals surface area contributed by atoms with E-state index in [1.807, 2.05) is 0 Å².